The highest BCUT2D eigenvalue weighted by Gasteiger charge is 2.27. The predicted octanol–water partition coefficient (Wildman–Crippen LogP) is 3.90. The summed E-state index contributed by atoms with van der Waals surface area (Å²) in [5.41, 5.74) is 0.838. The summed E-state index contributed by atoms with van der Waals surface area (Å²) in [7, 11) is -3.71. The van der Waals surface area contributed by atoms with Gasteiger partial charge in [-0.2, -0.15) is 0 Å². The van der Waals surface area contributed by atoms with Crippen LogP contribution < -0.4 is 9.46 Å². The van der Waals surface area contributed by atoms with Gasteiger partial charge < -0.3 is 4.74 Å². The second-order valence-electron chi connectivity index (χ2n) is 4.92. The summed E-state index contributed by atoms with van der Waals surface area (Å²) in [5.74, 6) is 0.711. The van der Waals surface area contributed by atoms with Gasteiger partial charge in [0.1, 0.15) is 10.6 Å². The van der Waals surface area contributed by atoms with Gasteiger partial charge in [-0.3, -0.25) is 0 Å². The van der Waals surface area contributed by atoms with Crippen LogP contribution >= 0.6 is 27.5 Å². The molecule has 3 rings (SSSR count). The van der Waals surface area contributed by atoms with Crippen molar-refractivity contribution in [3.63, 3.8) is 0 Å². The van der Waals surface area contributed by atoms with Crippen LogP contribution in [-0.2, 0) is 10.0 Å². The summed E-state index contributed by atoms with van der Waals surface area (Å²) in [6.45, 7) is 0.471. The molecule has 0 saturated carbocycles. The number of halogens is 2. The molecular formula is C15H13BrClNO3S. The fourth-order valence-corrected chi connectivity index (χ4v) is 4.70. The van der Waals surface area contributed by atoms with Crippen LogP contribution in [0.1, 0.15) is 18.0 Å². The standard InChI is InChI=1S/C15H13BrClNO3S/c16-10-5-6-15(12(17)9-10)22(19,20)18-13-7-8-21-14-4-2-1-3-11(13)14/h1-6,9,13,18H,7-8H2. The first kappa shape index (κ1) is 15.8. The van der Waals surface area contributed by atoms with Crippen LogP contribution in [0.5, 0.6) is 5.75 Å². The lowest BCUT2D eigenvalue weighted by molar-refractivity contribution is 0.263. The molecule has 1 N–H and O–H groups in total. The number of sulfonamides is 1. The van der Waals surface area contributed by atoms with Crippen LogP contribution in [0.25, 0.3) is 0 Å². The lowest BCUT2D eigenvalue weighted by Crippen LogP contribution is -2.32. The summed E-state index contributed by atoms with van der Waals surface area (Å²) in [5, 5.41) is 0.183. The van der Waals surface area contributed by atoms with Gasteiger partial charge in [0.05, 0.1) is 17.7 Å². The molecule has 0 fully saturated rings. The molecule has 2 aromatic carbocycles. The normalized spacial score (nSPS) is 17.6. The van der Waals surface area contributed by atoms with Crippen LogP contribution in [0.15, 0.2) is 51.8 Å². The van der Waals surface area contributed by atoms with Crippen molar-refractivity contribution in [2.45, 2.75) is 17.4 Å². The Kier molecular flexibility index (Phi) is 4.45. The molecule has 0 saturated heterocycles. The first-order valence-electron chi connectivity index (χ1n) is 6.66. The van der Waals surface area contributed by atoms with Crippen molar-refractivity contribution in [2.75, 3.05) is 6.61 Å². The van der Waals surface area contributed by atoms with Gasteiger partial charge in [0.2, 0.25) is 10.0 Å². The summed E-state index contributed by atoms with van der Waals surface area (Å²) in [6.07, 6.45) is 0.574. The first-order valence-corrected chi connectivity index (χ1v) is 9.32. The molecule has 116 valence electrons. The van der Waals surface area contributed by atoms with E-state index in [0.29, 0.717) is 18.8 Å². The highest BCUT2D eigenvalue weighted by atomic mass is 79.9. The molecule has 22 heavy (non-hydrogen) atoms. The van der Waals surface area contributed by atoms with Crippen molar-refractivity contribution in [1.82, 2.24) is 4.72 Å². The molecule has 2 aromatic rings. The van der Waals surface area contributed by atoms with E-state index in [2.05, 4.69) is 20.7 Å². The van der Waals surface area contributed by atoms with Crippen LogP contribution in [0, 0.1) is 0 Å². The maximum Gasteiger partial charge on any atom is 0.242 e. The van der Waals surface area contributed by atoms with E-state index in [1.807, 2.05) is 24.3 Å². The zero-order valence-electron chi connectivity index (χ0n) is 11.4. The summed E-state index contributed by atoms with van der Waals surface area (Å²) < 4.78 is 34.2. The molecule has 0 amide bonds. The van der Waals surface area contributed by atoms with Crippen molar-refractivity contribution < 1.29 is 13.2 Å². The van der Waals surface area contributed by atoms with E-state index in [9.17, 15) is 8.42 Å². The van der Waals surface area contributed by atoms with Gasteiger partial charge in [0.15, 0.2) is 0 Å². The number of benzene rings is 2. The zero-order valence-corrected chi connectivity index (χ0v) is 14.6. The van der Waals surface area contributed by atoms with Crippen LogP contribution in [0.3, 0.4) is 0 Å². The number of fused-ring (bicyclic) bond motifs is 1. The molecule has 4 nitrogen and oxygen atoms in total. The van der Waals surface area contributed by atoms with Gasteiger partial charge in [-0.05, 0) is 24.3 Å². The van der Waals surface area contributed by atoms with Crippen molar-refractivity contribution in [2.24, 2.45) is 0 Å². The molecule has 1 unspecified atom stereocenters. The zero-order chi connectivity index (χ0) is 15.7. The largest absolute Gasteiger partial charge is 0.493 e. The van der Waals surface area contributed by atoms with Gasteiger partial charge >= 0.3 is 0 Å². The Morgan fingerprint density at radius 1 is 1.23 bits per heavy atom. The SMILES string of the molecule is O=S(=O)(NC1CCOc2ccccc21)c1ccc(Br)cc1Cl. The minimum Gasteiger partial charge on any atom is -0.493 e. The highest BCUT2D eigenvalue weighted by Crippen LogP contribution is 2.33. The van der Waals surface area contributed by atoms with E-state index < -0.39 is 10.0 Å². The van der Waals surface area contributed by atoms with Crippen molar-refractivity contribution in [1.29, 1.82) is 0 Å². The second-order valence-corrected chi connectivity index (χ2v) is 7.93. The predicted molar refractivity (Wildman–Crippen MR) is 88.8 cm³/mol. The highest BCUT2D eigenvalue weighted by molar-refractivity contribution is 9.10. The number of ether oxygens (including phenoxy) is 1. The smallest absolute Gasteiger partial charge is 0.242 e. The lowest BCUT2D eigenvalue weighted by Gasteiger charge is -2.26. The van der Waals surface area contributed by atoms with Crippen LogP contribution in [0.4, 0.5) is 0 Å². The van der Waals surface area contributed by atoms with E-state index in [0.717, 1.165) is 10.0 Å². The van der Waals surface area contributed by atoms with Gasteiger partial charge in [0.25, 0.3) is 0 Å². The molecule has 0 bridgehead atoms. The Morgan fingerprint density at radius 3 is 2.77 bits per heavy atom. The minimum atomic E-state index is -3.71. The monoisotopic (exact) mass is 401 g/mol. The Morgan fingerprint density at radius 2 is 2.00 bits per heavy atom. The Balaban J connectivity index is 1.93. The van der Waals surface area contributed by atoms with Crippen LogP contribution in [0.2, 0.25) is 5.02 Å². The summed E-state index contributed by atoms with van der Waals surface area (Å²) in [4.78, 5) is 0.0707. The Hall–Kier alpha value is -1.08. The van der Waals surface area contributed by atoms with Gasteiger partial charge in [-0.15, -0.1) is 0 Å². The number of hydrogen-bond acceptors (Lipinski definition) is 3. The van der Waals surface area contributed by atoms with E-state index in [1.165, 1.54) is 6.07 Å². The molecule has 0 aliphatic carbocycles. The molecular weight excluding hydrogens is 390 g/mol. The van der Waals surface area contributed by atoms with Crippen LogP contribution in [-0.4, -0.2) is 15.0 Å². The average Bonchev–Trinajstić information content (AvgIpc) is 2.47. The van der Waals surface area contributed by atoms with E-state index in [1.54, 1.807) is 12.1 Å². The van der Waals surface area contributed by atoms with E-state index in [-0.39, 0.29) is 16.0 Å². The third kappa shape index (κ3) is 3.15. The molecule has 1 aliphatic rings. The van der Waals surface area contributed by atoms with Crippen molar-refractivity contribution in [3.8, 4) is 5.75 Å². The third-order valence-corrected chi connectivity index (χ3v) is 5.89. The van der Waals surface area contributed by atoms with Crippen molar-refractivity contribution in [3.05, 3.63) is 57.5 Å². The summed E-state index contributed by atoms with van der Waals surface area (Å²) in [6, 6.07) is 11.8. The van der Waals surface area contributed by atoms with Gasteiger partial charge in [-0.1, -0.05) is 45.7 Å². The molecule has 1 atom stereocenters. The van der Waals surface area contributed by atoms with E-state index >= 15 is 0 Å². The van der Waals surface area contributed by atoms with Gasteiger partial charge in [0, 0.05) is 16.5 Å². The second kappa shape index (κ2) is 6.20. The maximum absolute atomic E-state index is 12.6. The van der Waals surface area contributed by atoms with Gasteiger partial charge in [-0.25, -0.2) is 13.1 Å². The summed E-state index contributed by atoms with van der Waals surface area (Å²) >= 11 is 9.32. The molecule has 0 aromatic heterocycles. The fourth-order valence-electron chi connectivity index (χ4n) is 2.41. The Bertz CT molecular complexity index is 810. The van der Waals surface area contributed by atoms with E-state index in [4.69, 9.17) is 16.3 Å². The minimum absolute atomic E-state index is 0.0707. The lowest BCUT2D eigenvalue weighted by atomic mass is 10.0. The first-order chi connectivity index (χ1) is 10.5. The number of hydrogen-bond donors (Lipinski definition) is 1. The molecule has 1 aliphatic heterocycles. The Labute approximate surface area is 142 Å². The number of para-hydroxylation sites is 1. The molecule has 0 spiro atoms. The maximum atomic E-state index is 12.6. The molecule has 7 heteroatoms. The average molecular weight is 403 g/mol. The molecule has 0 radical (unpaired) electrons. The fraction of sp³-hybridized carbons (Fsp3) is 0.200. The third-order valence-electron chi connectivity index (χ3n) is 3.44. The molecule has 1 heterocycles. The number of nitrogens with one attached hydrogen (secondary N) is 1. The topological polar surface area (TPSA) is 55.4 Å². The number of rotatable bonds is 3. The van der Waals surface area contributed by atoms with Crippen molar-refractivity contribution >= 4 is 37.6 Å². The quantitative estimate of drug-likeness (QED) is 0.847.